The highest BCUT2D eigenvalue weighted by molar-refractivity contribution is 5.80. The van der Waals surface area contributed by atoms with E-state index in [1.165, 1.54) is 334 Å². The molecule has 0 spiro atoms. The van der Waals surface area contributed by atoms with Crippen molar-refractivity contribution < 1.29 is 20.1 Å². The SMILES string of the molecule is CCCCCCCCCCCCCCCCCC/C=C\CCCCCCCCCCCCCCCCCCC(O)C(=O)NC(CO)C(O)CCCCCCCCCCCCCCCCCCCCCCCCC. The molecule has 0 aromatic rings. The van der Waals surface area contributed by atoms with Crippen molar-refractivity contribution in [3.8, 4) is 0 Å². The molecule has 0 radical (unpaired) electrons. The molecule has 0 aliphatic carbocycles. The summed E-state index contributed by atoms with van der Waals surface area (Å²) in [7, 11) is 0. The molecule has 0 aliphatic heterocycles. The number of nitrogens with one attached hydrogen (secondary N) is 1. The van der Waals surface area contributed by atoms with Gasteiger partial charge in [-0.2, -0.15) is 0 Å². The van der Waals surface area contributed by atoms with Crippen LogP contribution in [0.5, 0.6) is 0 Å². The Labute approximate surface area is 459 Å². The van der Waals surface area contributed by atoms with Crippen molar-refractivity contribution in [2.45, 2.75) is 411 Å². The zero-order valence-corrected chi connectivity index (χ0v) is 50.1. The molecule has 0 saturated heterocycles. The summed E-state index contributed by atoms with van der Waals surface area (Å²) in [5, 5.41) is 33.7. The van der Waals surface area contributed by atoms with Crippen molar-refractivity contribution in [1.82, 2.24) is 5.32 Å². The molecule has 5 heteroatoms. The molecule has 0 saturated carbocycles. The lowest BCUT2D eigenvalue weighted by Gasteiger charge is -2.23. The molecule has 0 heterocycles. The predicted molar refractivity (Wildman–Crippen MR) is 324 cm³/mol. The van der Waals surface area contributed by atoms with Crippen molar-refractivity contribution in [3.05, 3.63) is 12.2 Å². The molecule has 1 amide bonds. The van der Waals surface area contributed by atoms with Gasteiger partial charge in [-0.1, -0.05) is 366 Å². The second-order valence-electron chi connectivity index (χ2n) is 23.7. The number of aliphatic hydroxyl groups excluding tert-OH is 3. The van der Waals surface area contributed by atoms with Gasteiger partial charge in [-0.25, -0.2) is 0 Å². The fraction of sp³-hybridized carbons (Fsp3) is 0.956. The van der Waals surface area contributed by atoms with E-state index in [2.05, 4.69) is 31.3 Å². The highest BCUT2D eigenvalue weighted by Gasteiger charge is 2.23. The van der Waals surface area contributed by atoms with E-state index < -0.39 is 24.2 Å². The summed E-state index contributed by atoms with van der Waals surface area (Å²) in [5.41, 5.74) is 0. The number of carbonyl (C=O) groups excluding carboxylic acids is 1. The smallest absolute Gasteiger partial charge is 0.249 e. The summed E-state index contributed by atoms with van der Waals surface area (Å²) >= 11 is 0. The van der Waals surface area contributed by atoms with E-state index >= 15 is 0 Å². The first kappa shape index (κ1) is 72.1. The Bertz CT molecular complexity index is 1050. The third kappa shape index (κ3) is 58.6. The maximum absolute atomic E-state index is 12.6. The van der Waals surface area contributed by atoms with Crippen molar-refractivity contribution >= 4 is 5.91 Å². The van der Waals surface area contributed by atoms with Gasteiger partial charge >= 0.3 is 0 Å². The van der Waals surface area contributed by atoms with Crippen molar-refractivity contribution in [3.63, 3.8) is 0 Å². The van der Waals surface area contributed by atoms with Crippen molar-refractivity contribution in [1.29, 1.82) is 0 Å². The number of hydrogen-bond acceptors (Lipinski definition) is 4. The van der Waals surface area contributed by atoms with E-state index in [1.807, 2.05) is 0 Å². The number of carbonyl (C=O) groups is 1. The first-order chi connectivity index (χ1) is 36.1. The van der Waals surface area contributed by atoms with Gasteiger partial charge in [-0.05, 0) is 38.5 Å². The van der Waals surface area contributed by atoms with E-state index in [-0.39, 0.29) is 6.61 Å². The van der Waals surface area contributed by atoms with E-state index in [0.29, 0.717) is 12.8 Å². The van der Waals surface area contributed by atoms with Crippen LogP contribution in [0.3, 0.4) is 0 Å². The lowest BCUT2D eigenvalue weighted by molar-refractivity contribution is -0.131. The third-order valence-corrected chi connectivity index (χ3v) is 16.4. The zero-order chi connectivity index (χ0) is 52.9. The molecule has 0 aliphatic rings. The Morgan fingerprint density at radius 3 is 0.753 bits per heavy atom. The van der Waals surface area contributed by atoms with Gasteiger partial charge in [0, 0.05) is 0 Å². The van der Waals surface area contributed by atoms with E-state index in [0.717, 1.165) is 32.1 Å². The van der Waals surface area contributed by atoms with Gasteiger partial charge in [0.25, 0.3) is 0 Å². The average Bonchev–Trinajstić information content (AvgIpc) is 3.40. The molecule has 73 heavy (non-hydrogen) atoms. The van der Waals surface area contributed by atoms with Crippen LogP contribution in [-0.2, 0) is 4.79 Å². The molecule has 0 fully saturated rings. The van der Waals surface area contributed by atoms with E-state index in [4.69, 9.17) is 0 Å². The minimum absolute atomic E-state index is 0.309. The molecular weight excluding hydrogens is 895 g/mol. The summed E-state index contributed by atoms with van der Waals surface area (Å²) in [6, 6.07) is -0.710. The standard InChI is InChI=1S/C68H135NO4/c1-3-5-7-9-11-13-15-17-19-21-23-25-27-28-29-30-31-32-33-34-35-36-37-38-39-41-43-45-47-49-51-53-55-57-59-61-63-67(72)68(73)69-65(64-70)66(71)62-60-58-56-54-52-50-48-46-44-42-40-26-24-22-20-18-16-14-12-10-8-6-4-2/h32-33,65-67,70-72H,3-31,34-64H2,1-2H3,(H,69,73)/b33-32-. The largest absolute Gasteiger partial charge is 0.394 e. The Balaban J connectivity index is 3.44. The van der Waals surface area contributed by atoms with Crippen LogP contribution in [0.4, 0.5) is 0 Å². The first-order valence-electron chi connectivity index (χ1n) is 34.0. The molecular formula is C68H135NO4. The molecule has 0 aromatic heterocycles. The van der Waals surface area contributed by atoms with Gasteiger partial charge in [-0.15, -0.1) is 0 Å². The number of rotatable bonds is 64. The highest BCUT2D eigenvalue weighted by Crippen LogP contribution is 2.19. The van der Waals surface area contributed by atoms with Crippen LogP contribution >= 0.6 is 0 Å². The normalized spacial score (nSPS) is 13.1. The van der Waals surface area contributed by atoms with E-state index in [1.54, 1.807) is 0 Å². The molecule has 5 nitrogen and oxygen atoms in total. The van der Waals surface area contributed by atoms with Crippen molar-refractivity contribution in [2.75, 3.05) is 6.61 Å². The second-order valence-corrected chi connectivity index (χ2v) is 23.7. The van der Waals surface area contributed by atoms with Gasteiger partial charge in [-0.3, -0.25) is 4.79 Å². The predicted octanol–water partition coefficient (Wildman–Crippen LogP) is 21.8. The molecule has 3 unspecified atom stereocenters. The number of unbranched alkanes of at least 4 members (excludes halogenated alkanes) is 54. The maximum Gasteiger partial charge on any atom is 0.249 e. The molecule has 3 atom stereocenters. The molecule has 4 N–H and O–H groups in total. The van der Waals surface area contributed by atoms with Gasteiger partial charge in [0.05, 0.1) is 18.8 Å². The summed E-state index contributed by atoms with van der Waals surface area (Å²) in [6.45, 7) is 4.29. The van der Waals surface area contributed by atoms with Gasteiger partial charge in [0.15, 0.2) is 0 Å². The van der Waals surface area contributed by atoms with Crippen LogP contribution in [0, 0.1) is 0 Å². The minimum atomic E-state index is -1.07. The van der Waals surface area contributed by atoms with Crippen LogP contribution < -0.4 is 5.32 Å². The lowest BCUT2D eigenvalue weighted by atomic mass is 10.0. The molecule has 436 valence electrons. The summed E-state index contributed by atoms with van der Waals surface area (Å²) < 4.78 is 0. The fourth-order valence-electron chi connectivity index (χ4n) is 11.1. The van der Waals surface area contributed by atoms with Gasteiger partial charge in [0.1, 0.15) is 6.10 Å². The number of amides is 1. The zero-order valence-electron chi connectivity index (χ0n) is 50.1. The molecule has 0 bridgehead atoms. The summed E-state index contributed by atoms with van der Waals surface area (Å²) in [6.07, 6.45) is 81.7. The third-order valence-electron chi connectivity index (χ3n) is 16.4. The monoisotopic (exact) mass is 1030 g/mol. The summed E-state index contributed by atoms with van der Waals surface area (Å²) in [4.78, 5) is 12.6. The maximum atomic E-state index is 12.6. The minimum Gasteiger partial charge on any atom is -0.394 e. The quantitative estimate of drug-likeness (QED) is 0.0361. The van der Waals surface area contributed by atoms with Crippen LogP contribution in [-0.4, -0.2) is 46.1 Å². The first-order valence-corrected chi connectivity index (χ1v) is 34.0. The van der Waals surface area contributed by atoms with Crippen molar-refractivity contribution in [2.24, 2.45) is 0 Å². The highest BCUT2D eigenvalue weighted by atomic mass is 16.3. The Morgan fingerprint density at radius 1 is 0.315 bits per heavy atom. The number of allylic oxidation sites excluding steroid dienone is 2. The number of hydrogen-bond donors (Lipinski definition) is 4. The summed E-state index contributed by atoms with van der Waals surface area (Å²) in [5.74, 6) is -0.462. The Kier molecular flexibility index (Phi) is 62.8. The Morgan fingerprint density at radius 2 is 0.521 bits per heavy atom. The fourth-order valence-corrected chi connectivity index (χ4v) is 11.1. The Hall–Kier alpha value is -0.910. The molecule has 0 aromatic carbocycles. The average molecular weight is 1030 g/mol. The van der Waals surface area contributed by atoms with Crippen LogP contribution in [0.2, 0.25) is 0 Å². The van der Waals surface area contributed by atoms with Gasteiger partial charge < -0.3 is 20.6 Å². The molecule has 0 rings (SSSR count). The lowest BCUT2D eigenvalue weighted by Crippen LogP contribution is -2.49. The van der Waals surface area contributed by atoms with Crippen LogP contribution in [0.25, 0.3) is 0 Å². The van der Waals surface area contributed by atoms with Gasteiger partial charge in [0.2, 0.25) is 5.91 Å². The topological polar surface area (TPSA) is 89.8 Å². The van der Waals surface area contributed by atoms with Crippen LogP contribution in [0.15, 0.2) is 12.2 Å². The van der Waals surface area contributed by atoms with E-state index in [9.17, 15) is 20.1 Å². The second kappa shape index (κ2) is 63.6. The van der Waals surface area contributed by atoms with Crippen LogP contribution in [0.1, 0.15) is 393 Å². The number of aliphatic hydroxyl groups is 3.